The van der Waals surface area contributed by atoms with Gasteiger partial charge in [0.05, 0.1) is 0 Å². The van der Waals surface area contributed by atoms with E-state index < -0.39 is 10.0 Å². The molecular weight excluding hydrogens is 460 g/mol. The molecule has 0 bridgehead atoms. The van der Waals surface area contributed by atoms with Crippen LogP contribution in [0.4, 0.5) is 0 Å². The Balaban J connectivity index is 1.85. The van der Waals surface area contributed by atoms with Crippen LogP contribution in [0, 0.1) is 20.8 Å². The van der Waals surface area contributed by atoms with E-state index in [9.17, 15) is 13.2 Å². The maximum absolute atomic E-state index is 14.2. The number of furan rings is 1. The molecule has 2 heterocycles. The number of nitrogens with zero attached hydrogens (tertiary/aromatic N) is 2. The lowest BCUT2D eigenvalue weighted by Crippen LogP contribution is -2.37. The van der Waals surface area contributed by atoms with Crippen LogP contribution in [0.2, 0.25) is 0 Å². The highest BCUT2D eigenvalue weighted by molar-refractivity contribution is 7.89. The largest absolute Gasteiger partial charge is 0.449 e. The van der Waals surface area contributed by atoms with Crippen LogP contribution in [-0.4, -0.2) is 42.7 Å². The summed E-state index contributed by atoms with van der Waals surface area (Å²) in [4.78, 5) is 15.4. The second-order valence-electron chi connectivity index (χ2n) is 9.92. The molecule has 0 spiro atoms. The average Bonchev–Trinajstić information content (AvgIpc) is 2.99. The molecule has 0 aliphatic carbocycles. The van der Waals surface area contributed by atoms with E-state index >= 15 is 0 Å². The Morgan fingerprint density at radius 2 is 1.63 bits per heavy atom. The van der Waals surface area contributed by atoms with Crippen molar-refractivity contribution >= 4 is 26.9 Å². The van der Waals surface area contributed by atoms with Crippen LogP contribution in [0.5, 0.6) is 0 Å². The summed E-state index contributed by atoms with van der Waals surface area (Å²) in [5.74, 6) is 0.103. The highest BCUT2D eigenvalue weighted by Crippen LogP contribution is 2.37. The van der Waals surface area contributed by atoms with Crippen molar-refractivity contribution in [3.05, 3.63) is 64.4 Å². The Hall–Kier alpha value is -2.64. The van der Waals surface area contributed by atoms with Crippen molar-refractivity contribution in [3.8, 4) is 0 Å². The topological polar surface area (TPSA) is 70.8 Å². The molecule has 1 saturated heterocycles. The number of amides is 1. The first-order valence-corrected chi connectivity index (χ1v) is 13.9. The van der Waals surface area contributed by atoms with Gasteiger partial charge in [0.1, 0.15) is 4.90 Å². The first kappa shape index (κ1) is 25.5. The van der Waals surface area contributed by atoms with Gasteiger partial charge in [-0.05, 0) is 70.2 Å². The van der Waals surface area contributed by atoms with E-state index in [2.05, 4.69) is 0 Å². The second kappa shape index (κ2) is 10.2. The van der Waals surface area contributed by atoms with Gasteiger partial charge < -0.3 is 9.32 Å². The number of benzene rings is 2. The minimum Gasteiger partial charge on any atom is -0.449 e. The van der Waals surface area contributed by atoms with Crippen molar-refractivity contribution in [1.82, 2.24) is 9.21 Å². The average molecular weight is 497 g/mol. The molecule has 188 valence electrons. The third kappa shape index (κ3) is 4.89. The number of aryl methyl sites for hydroxylation is 2. The third-order valence-corrected chi connectivity index (χ3v) is 9.28. The van der Waals surface area contributed by atoms with Crippen LogP contribution in [0.1, 0.15) is 72.3 Å². The summed E-state index contributed by atoms with van der Waals surface area (Å²) in [5, 5.41) is 0.688. The zero-order valence-electron chi connectivity index (χ0n) is 21.4. The smallest absolute Gasteiger partial charge is 0.289 e. The third-order valence-electron chi connectivity index (χ3n) is 7.10. The van der Waals surface area contributed by atoms with E-state index in [1.807, 2.05) is 75.9 Å². The zero-order valence-corrected chi connectivity index (χ0v) is 22.2. The van der Waals surface area contributed by atoms with Crippen LogP contribution in [0.15, 0.2) is 45.7 Å². The summed E-state index contributed by atoms with van der Waals surface area (Å²) in [5.41, 5.74) is 3.41. The second-order valence-corrected chi connectivity index (χ2v) is 11.7. The molecule has 1 fully saturated rings. The van der Waals surface area contributed by atoms with E-state index in [0.717, 1.165) is 36.8 Å². The highest BCUT2D eigenvalue weighted by atomic mass is 32.2. The summed E-state index contributed by atoms with van der Waals surface area (Å²) >= 11 is 0. The standard InChI is InChI=1S/C28H36N2O4S/c1-19(2)30(18-23-13-9-8-10-14-23)35(32,33)27-21(4)20(3)17-24-22(5)25(34-26(24)27)28(31)29-15-11-6-7-12-16-29/h8-10,13-14,17,19H,6-7,11-12,15-16,18H2,1-5H3. The molecule has 7 heteroatoms. The minimum absolute atomic E-state index is 0.149. The molecule has 0 saturated carbocycles. The molecule has 2 aromatic carbocycles. The van der Waals surface area contributed by atoms with Crippen LogP contribution in [-0.2, 0) is 16.6 Å². The number of rotatable bonds is 6. The molecule has 0 unspecified atom stereocenters. The van der Waals surface area contributed by atoms with E-state index in [1.54, 1.807) is 0 Å². The monoisotopic (exact) mass is 496 g/mol. The lowest BCUT2D eigenvalue weighted by atomic mass is 10.0. The van der Waals surface area contributed by atoms with E-state index in [1.165, 1.54) is 4.31 Å². The highest BCUT2D eigenvalue weighted by Gasteiger charge is 2.34. The number of likely N-dealkylation sites (tertiary alicyclic amines) is 1. The molecule has 1 aromatic heterocycles. The lowest BCUT2D eigenvalue weighted by molar-refractivity contribution is 0.0730. The molecule has 1 amide bonds. The van der Waals surface area contributed by atoms with Gasteiger partial charge in [0.15, 0.2) is 11.3 Å². The van der Waals surface area contributed by atoms with Crippen LogP contribution >= 0.6 is 0 Å². The Kier molecular flexibility index (Phi) is 7.38. The fourth-order valence-electron chi connectivity index (χ4n) is 4.90. The summed E-state index contributed by atoms with van der Waals surface area (Å²) in [6, 6.07) is 11.3. The normalized spacial score (nSPS) is 15.2. The fraction of sp³-hybridized carbons (Fsp3) is 0.464. The van der Waals surface area contributed by atoms with Gasteiger partial charge in [-0.25, -0.2) is 8.42 Å². The molecule has 0 atom stereocenters. The number of fused-ring (bicyclic) bond motifs is 1. The quantitative estimate of drug-likeness (QED) is 0.421. The van der Waals surface area contributed by atoms with Gasteiger partial charge in [-0.2, -0.15) is 4.31 Å². The molecule has 0 N–H and O–H groups in total. The first-order valence-electron chi connectivity index (χ1n) is 12.5. The van der Waals surface area contributed by atoms with E-state index in [4.69, 9.17) is 4.42 Å². The SMILES string of the molecule is Cc1cc2c(C)c(C(=O)N3CCCCCC3)oc2c(S(=O)(=O)N(Cc2ccccc2)C(C)C)c1C. The molecule has 1 aliphatic heterocycles. The predicted octanol–water partition coefficient (Wildman–Crippen LogP) is 5.97. The summed E-state index contributed by atoms with van der Waals surface area (Å²) in [7, 11) is -3.92. The summed E-state index contributed by atoms with van der Waals surface area (Å²) < 4.78 is 36.0. The first-order chi connectivity index (χ1) is 16.6. The fourth-order valence-corrected chi connectivity index (χ4v) is 6.94. The van der Waals surface area contributed by atoms with Gasteiger partial charge in [0, 0.05) is 36.6 Å². The molecular formula is C28H36N2O4S. The molecule has 0 radical (unpaired) electrons. The van der Waals surface area contributed by atoms with Crippen LogP contribution in [0.25, 0.3) is 11.0 Å². The number of sulfonamides is 1. The van der Waals surface area contributed by atoms with Crippen molar-refractivity contribution in [2.75, 3.05) is 13.1 Å². The number of hydrogen-bond acceptors (Lipinski definition) is 4. The van der Waals surface area contributed by atoms with Crippen molar-refractivity contribution in [2.24, 2.45) is 0 Å². The molecule has 35 heavy (non-hydrogen) atoms. The predicted molar refractivity (Wildman–Crippen MR) is 139 cm³/mol. The molecule has 6 nitrogen and oxygen atoms in total. The summed E-state index contributed by atoms with van der Waals surface area (Å²) in [6.45, 7) is 11.0. The van der Waals surface area contributed by atoms with Crippen LogP contribution < -0.4 is 0 Å². The zero-order chi connectivity index (χ0) is 25.3. The molecule has 1 aliphatic rings. The van der Waals surface area contributed by atoms with Gasteiger partial charge in [0.2, 0.25) is 10.0 Å². The Labute approximate surface area is 209 Å². The number of hydrogen-bond donors (Lipinski definition) is 0. The lowest BCUT2D eigenvalue weighted by Gasteiger charge is -2.27. The number of carbonyl (C=O) groups is 1. The van der Waals surface area contributed by atoms with Gasteiger partial charge in [0.25, 0.3) is 5.91 Å². The molecule has 4 rings (SSSR count). The maximum atomic E-state index is 14.2. The van der Waals surface area contributed by atoms with E-state index in [0.29, 0.717) is 29.6 Å². The van der Waals surface area contributed by atoms with Crippen molar-refractivity contribution in [2.45, 2.75) is 77.8 Å². The Morgan fingerprint density at radius 1 is 1.00 bits per heavy atom. The van der Waals surface area contributed by atoms with Gasteiger partial charge in [-0.15, -0.1) is 0 Å². The summed E-state index contributed by atoms with van der Waals surface area (Å²) in [6.07, 6.45) is 4.20. The van der Waals surface area contributed by atoms with Crippen molar-refractivity contribution < 1.29 is 17.6 Å². The van der Waals surface area contributed by atoms with Crippen molar-refractivity contribution in [1.29, 1.82) is 0 Å². The maximum Gasteiger partial charge on any atom is 0.289 e. The van der Waals surface area contributed by atoms with Gasteiger partial charge >= 0.3 is 0 Å². The Bertz CT molecular complexity index is 1320. The van der Waals surface area contributed by atoms with Crippen LogP contribution in [0.3, 0.4) is 0 Å². The van der Waals surface area contributed by atoms with E-state index in [-0.39, 0.29) is 34.7 Å². The number of carbonyl (C=O) groups excluding carboxylic acids is 1. The van der Waals surface area contributed by atoms with Crippen molar-refractivity contribution in [3.63, 3.8) is 0 Å². The van der Waals surface area contributed by atoms with Gasteiger partial charge in [-0.1, -0.05) is 43.2 Å². The minimum atomic E-state index is -3.92. The Morgan fingerprint density at radius 3 is 2.23 bits per heavy atom. The molecule has 3 aromatic rings. The van der Waals surface area contributed by atoms with Gasteiger partial charge in [-0.3, -0.25) is 4.79 Å².